The Morgan fingerprint density at radius 1 is 0.850 bits per heavy atom. The molecule has 3 aromatic rings. The maximum absolute atomic E-state index is 12.2. The largest absolute Gasteiger partial charge is 0.741 e. The number of hydrazine groups is 1. The standard InChI is InChI=1S/C18H13N5O5S.C6H12N4.H2O/c24-17(12-8-13(22(25)26)10-14(9-12)23(27)28)20-21-18(29)19-16-7-3-5-11-4-1-2-6-15(11)16;1-7-2-9-4-8(1)5-10(3-7)6-9;/h1-10H,(H,20,24)(H2,19,21,29);1-6H2;1H2. The molecule has 4 saturated heterocycles. The molecule has 0 spiro atoms. The number of carbonyl (C=O) groups is 1. The van der Waals surface area contributed by atoms with E-state index in [2.05, 4.69) is 30.5 Å². The van der Waals surface area contributed by atoms with Crippen molar-refractivity contribution in [1.29, 1.82) is 0 Å². The summed E-state index contributed by atoms with van der Waals surface area (Å²) in [5.41, 5.74) is 3.81. The first-order valence-corrected chi connectivity index (χ1v) is 12.4. The molecule has 40 heavy (non-hydrogen) atoms. The number of amides is 1. The predicted octanol–water partition coefficient (Wildman–Crippen LogP) is -0.136. The number of nitro benzene ring substituents is 2. The number of hydrogen-bond donors (Lipinski definition) is 3. The van der Waals surface area contributed by atoms with Crippen molar-refractivity contribution in [2.24, 2.45) is 4.99 Å². The van der Waals surface area contributed by atoms with Crippen LogP contribution in [0.2, 0.25) is 0 Å². The van der Waals surface area contributed by atoms with Gasteiger partial charge in [0.2, 0.25) is 0 Å². The van der Waals surface area contributed by atoms with Gasteiger partial charge in [-0.05, 0) is 16.6 Å². The lowest BCUT2D eigenvalue weighted by molar-refractivity contribution is -0.958. The highest BCUT2D eigenvalue weighted by Crippen LogP contribution is 2.25. The minimum Gasteiger partial charge on any atom is -0.741 e. The van der Waals surface area contributed by atoms with E-state index in [0.29, 0.717) is 5.69 Å². The summed E-state index contributed by atoms with van der Waals surface area (Å²) in [5.74, 6) is -0.840. The summed E-state index contributed by atoms with van der Waals surface area (Å²) < 4.78 is 0. The summed E-state index contributed by atoms with van der Waals surface area (Å²) in [6.07, 6.45) is 0. The number of rotatable bonds is 4. The fraction of sp³-hybridized carbons (Fsp3) is 0.250. The summed E-state index contributed by atoms with van der Waals surface area (Å²) in [7, 11) is 0. The third-order valence-electron chi connectivity index (χ3n) is 6.40. The minimum atomic E-state index is -0.840. The number of hydrogen-bond acceptors (Lipinski definition) is 10. The number of amidine groups is 1. The number of nitro groups is 2. The monoisotopic (exact) mass is 569 g/mol. The van der Waals surface area contributed by atoms with Gasteiger partial charge in [0.25, 0.3) is 17.3 Å². The lowest BCUT2D eigenvalue weighted by Gasteiger charge is -2.53. The number of aliphatic imine (C=N–C) groups is 1. The summed E-state index contributed by atoms with van der Waals surface area (Å²) in [6.45, 7) is 7.44. The molecule has 0 aliphatic carbocycles. The van der Waals surface area contributed by atoms with Crippen LogP contribution in [0.4, 0.5) is 17.1 Å². The van der Waals surface area contributed by atoms with Crippen LogP contribution in [0.15, 0.2) is 65.7 Å². The molecule has 0 unspecified atom stereocenters. The van der Waals surface area contributed by atoms with Crippen molar-refractivity contribution in [3.05, 3.63) is 86.5 Å². The minimum absolute atomic E-state index is 0. The number of quaternary nitrogens is 1. The van der Waals surface area contributed by atoms with Crippen LogP contribution in [0.25, 0.3) is 10.8 Å². The molecule has 5 N–H and O–H groups in total. The van der Waals surface area contributed by atoms with Gasteiger partial charge in [0.05, 0.1) is 47.2 Å². The molecule has 4 fully saturated rings. The Kier molecular flexibility index (Phi) is 8.78. The van der Waals surface area contributed by atoms with Crippen LogP contribution in [-0.2, 0) is 12.6 Å². The molecular formula is C24H27N9O6S. The van der Waals surface area contributed by atoms with E-state index in [-0.39, 0.29) is 16.2 Å². The van der Waals surface area contributed by atoms with Gasteiger partial charge in [0.15, 0.2) is 0 Å². The number of carbonyl (C=O) groups excluding carboxylic acids is 1. The van der Waals surface area contributed by atoms with E-state index in [4.69, 9.17) is 12.6 Å². The smallest absolute Gasteiger partial charge is 0.277 e. The highest BCUT2D eigenvalue weighted by atomic mass is 32.1. The second kappa shape index (κ2) is 12.2. The van der Waals surface area contributed by atoms with E-state index in [1.807, 2.05) is 36.4 Å². The summed E-state index contributed by atoms with van der Waals surface area (Å²) in [6, 6.07) is 15.6. The summed E-state index contributed by atoms with van der Waals surface area (Å²) in [5, 5.41) is 23.6. The molecular weight excluding hydrogens is 542 g/mol. The molecule has 4 aliphatic heterocycles. The second-order valence-corrected chi connectivity index (χ2v) is 9.79. The molecule has 1 amide bonds. The van der Waals surface area contributed by atoms with Gasteiger partial charge in [-0.1, -0.05) is 36.4 Å². The molecule has 210 valence electrons. The van der Waals surface area contributed by atoms with Crippen LogP contribution in [0.1, 0.15) is 10.4 Å². The molecule has 0 saturated carbocycles. The van der Waals surface area contributed by atoms with Crippen molar-refractivity contribution < 1.29 is 25.0 Å². The molecule has 0 aromatic heterocycles. The molecule has 4 heterocycles. The van der Waals surface area contributed by atoms with E-state index < -0.39 is 27.1 Å². The van der Waals surface area contributed by atoms with Crippen LogP contribution in [-0.4, -0.2) is 81.1 Å². The van der Waals surface area contributed by atoms with Crippen LogP contribution in [0, 0.1) is 20.2 Å². The van der Waals surface area contributed by atoms with Gasteiger partial charge in [-0.3, -0.25) is 40.3 Å². The SMILES string of the molecule is C1N2CN3CN1C[NH+](C2)C3.O.O=C(NNC([S-])=Nc1cccc2ccccc12)c1cc([N+](=O)[O-])cc([N+](=O)[O-])c1. The fourth-order valence-corrected chi connectivity index (χ4v) is 5.09. The van der Waals surface area contributed by atoms with Crippen LogP contribution >= 0.6 is 0 Å². The van der Waals surface area contributed by atoms with E-state index in [1.54, 1.807) is 11.0 Å². The van der Waals surface area contributed by atoms with E-state index in [1.165, 1.54) is 40.0 Å². The van der Waals surface area contributed by atoms with Crippen molar-refractivity contribution in [1.82, 2.24) is 25.6 Å². The number of non-ortho nitro benzene ring substituents is 2. The van der Waals surface area contributed by atoms with Crippen molar-refractivity contribution >= 4 is 51.5 Å². The maximum atomic E-state index is 12.2. The first-order chi connectivity index (χ1) is 18.7. The second-order valence-electron chi connectivity index (χ2n) is 9.41. The van der Waals surface area contributed by atoms with Crippen molar-refractivity contribution in [3.8, 4) is 0 Å². The number of fused-ring (bicyclic) bond motifs is 1. The molecule has 4 aliphatic rings. The molecule has 0 atom stereocenters. The fourth-order valence-electron chi connectivity index (χ4n) is 4.94. The highest BCUT2D eigenvalue weighted by Gasteiger charge is 2.39. The highest BCUT2D eigenvalue weighted by molar-refractivity contribution is 7.77. The third kappa shape index (κ3) is 6.63. The Morgan fingerprint density at radius 2 is 1.40 bits per heavy atom. The Balaban J connectivity index is 0.000000277. The van der Waals surface area contributed by atoms with Crippen LogP contribution in [0.5, 0.6) is 0 Å². The number of nitrogens with one attached hydrogen (secondary N) is 3. The average Bonchev–Trinajstić information content (AvgIpc) is 2.91. The zero-order valence-corrected chi connectivity index (χ0v) is 22.0. The molecule has 7 rings (SSSR count). The topological polar surface area (TPSA) is 185 Å². The summed E-state index contributed by atoms with van der Waals surface area (Å²) in [4.78, 5) is 45.9. The molecule has 4 bridgehead atoms. The maximum Gasteiger partial charge on any atom is 0.277 e. The predicted molar refractivity (Wildman–Crippen MR) is 148 cm³/mol. The van der Waals surface area contributed by atoms with Gasteiger partial charge in [-0.25, -0.2) is 14.7 Å². The molecule has 3 aromatic carbocycles. The Hall–Kier alpha value is -4.32. The zero-order valence-electron chi connectivity index (χ0n) is 21.1. The normalized spacial score (nSPS) is 22.4. The Labute approximate surface area is 233 Å². The number of benzene rings is 3. The lowest BCUT2D eigenvalue weighted by Crippen LogP contribution is -3.21. The van der Waals surface area contributed by atoms with Crippen molar-refractivity contribution in [2.75, 3.05) is 40.0 Å². The van der Waals surface area contributed by atoms with Crippen LogP contribution in [0.3, 0.4) is 0 Å². The summed E-state index contributed by atoms with van der Waals surface area (Å²) >= 11 is 5.09. The number of nitrogens with zero attached hydrogens (tertiary/aromatic N) is 6. The van der Waals surface area contributed by atoms with E-state index in [9.17, 15) is 25.0 Å². The lowest BCUT2D eigenvalue weighted by atomic mass is 10.1. The zero-order chi connectivity index (χ0) is 27.5. The molecule has 15 nitrogen and oxygen atoms in total. The van der Waals surface area contributed by atoms with Crippen molar-refractivity contribution in [3.63, 3.8) is 0 Å². The van der Waals surface area contributed by atoms with E-state index in [0.717, 1.165) is 29.0 Å². The van der Waals surface area contributed by atoms with Gasteiger partial charge in [0.1, 0.15) is 20.0 Å². The van der Waals surface area contributed by atoms with Crippen molar-refractivity contribution in [2.45, 2.75) is 0 Å². The van der Waals surface area contributed by atoms with E-state index >= 15 is 0 Å². The molecule has 0 radical (unpaired) electrons. The third-order valence-corrected chi connectivity index (χ3v) is 6.59. The van der Waals surface area contributed by atoms with Crippen LogP contribution < -0.4 is 15.8 Å². The van der Waals surface area contributed by atoms with Gasteiger partial charge in [-0.15, -0.1) is 0 Å². The average molecular weight is 570 g/mol. The molecule has 16 heteroatoms. The Bertz CT molecular complexity index is 1380. The first kappa shape index (κ1) is 28.7. The van der Waals surface area contributed by atoms with Gasteiger partial charge < -0.3 is 23.5 Å². The quantitative estimate of drug-likeness (QED) is 0.126. The van der Waals surface area contributed by atoms with Gasteiger partial charge in [0, 0.05) is 17.5 Å². The van der Waals surface area contributed by atoms with Gasteiger partial charge >= 0.3 is 0 Å². The van der Waals surface area contributed by atoms with Gasteiger partial charge in [-0.2, -0.15) is 0 Å². The first-order valence-electron chi connectivity index (χ1n) is 12.0. The Morgan fingerprint density at radius 3 is 1.95 bits per heavy atom.